The Kier molecular flexibility index (Phi) is 5.48. The molecular weight excluding hydrogens is 440 g/mol. The predicted octanol–water partition coefficient (Wildman–Crippen LogP) is 6.15. The highest BCUT2D eigenvalue weighted by atomic mass is 16.4. The molecule has 0 aliphatic heterocycles. The fraction of sp³-hybridized carbons (Fsp3) is 0.867. The number of aliphatic carboxylic acids is 2. The van der Waals surface area contributed by atoms with Gasteiger partial charge in [0.1, 0.15) is 0 Å². The van der Waals surface area contributed by atoms with E-state index in [1.54, 1.807) is 6.92 Å². The Labute approximate surface area is 210 Å². The van der Waals surface area contributed by atoms with Crippen LogP contribution < -0.4 is 0 Å². The van der Waals surface area contributed by atoms with Crippen molar-refractivity contribution in [2.45, 2.75) is 105 Å². The van der Waals surface area contributed by atoms with Gasteiger partial charge in [0.15, 0.2) is 0 Å². The van der Waals surface area contributed by atoms with Crippen molar-refractivity contribution in [3.63, 3.8) is 0 Å². The topological polar surface area (TPSA) is 94.8 Å². The van der Waals surface area contributed by atoms with E-state index in [2.05, 4.69) is 40.7 Å². The van der Waals surface area contributed by atoms with Crippen LogP contribution in [-0.4, -0.2) is 33.4 Å². The molecule has 35 heavy (non-hydrogen) atoms. The second-order valence-electron chi connectivity index (χ2n) is 14.3. The van der Waals surface area contributed by atoms with E-state index in [1.807, 2.05) is 0 Å². The number of hydrogen-bond acceptors (Lipinski definition) is 3. The summed E-state index contributed by atoms with van der Waals surface area (Å²) in [6.45, 7) is 13.5. The van der Waals surface area contributed by atoms with Gasteiger partial charge in [-0.15, -0.1) is 0 Å². The summed E-state index contributed by atoms with van der Waals surface area (Å²) >= 11 is 0. The minimum absolute atomic E-state index is 0.00485. The summed E-state index contributed by atoms with van der Waals surface area (Å²) in [5.74, 6) is -0.236. The fourth-order valence-electron chi connectivity index (χ4n) is 10.8. The van der Waals surface area contributed by atoms with Crippen LogP contribution in [0.4, 0.5) is 0 Å². The molecule has 0 amide bonds. The lowest BCUT2D eigenvalue weighted by Gasteiger charge is -2.71. The number of aliphatic hydroxyl groups excluding tert-OH is 1. The van der Waals surface area contributed by atoms with Crippen molar-refractivity contribution in [3.8, 4) is 0 Å². The molecule has 0 unspecified atom stereocenters. The number of hydrogen-bond donors (Lipinski definition) is 3. The third-order valence-electron chi connectivity index (χ3n) is 13.5. The Morgan fingerprint density at radius 3 is 2.17 bits per heavy atom. The predicted molar refractivity (Wildman–Crippen MR) is 135 cm³/mol. The number of fused-ring (bicyclic) bond motifs is 7. The Bertz CT molecular complexity index is 972. The van der Waals surface area contributed by atoms with Crippen molar-refractivity contribution in [3.05, 3.63) is 11.6 Å². The molecule has 0 aromatic carbocycles. The van der Waals surface area contributed by atoms with Crippen LogP contribution >= 0.6 is 0 Å². The molecule has 5 heteroatoms. The summed E-state index contributed by atoms with van der Waals surface area (Å²) in [5, 5.41) is 31.6. The number of allylic oxidation sites excluding steroid dienone is 2. The van der Waals surface area contributed by atoms with Crippen molar-refractivity contribution in [2.75, 3.05) is 0 Å². The van der Waals surface area contributed by atoms with E-state index < -0.39 is 28.9 Å². The SMILES string of the molecule is C[C@H]1[C@H](C)CC[C@]2(C(=O)O)CC[C@]3(C)C(=CC[C@@H]4[C@@]5(C)CC[C@@H](O)[C@@](C)(C(=O)O)[C@H]5CC[C@]43C)[C@H]12. The normalized spacial score (nSPS) is 55.5. The maximum absolute atomic E-state index is 12.8. The first kappa shape index (κ1) is 25.3. The number of aliphatic hydroxyl groups is 1. The molecule has 11 atom stereocenters. The summed E-state index contributed by atoms with van der Waals surface area (Å²) in [7, 11) is 0. The second-order valence-corrected chi connectivity index (χ2v) is 14.3. The van der Waals surface area contributed by atoms with E-state index >= 15 is 0 Å². The van der Waals surface area contributed by atoms with Crippen LogP contribution in [0.2, 0.25) is 0 Å². The van der Waals surface area contributed by atoms with Gasteiger partial charge in [-0.2, -0.15) is 0 Å². The number of carboxylic acid groups (broad SMARTS) is 2. The first-order valence-electron chi connectivity index (χ1n) is 14.1. The Balaban J connectivity index is 1.62. The monoisotopic (exact) mass is 486 g/mol. The molecular formula is C30H46O5. The molecule has 4 saturated carbocycles. The molecule has 0 bridgehead atoms. The van der Waals surface area contributed by atoms with E-state index in [1.165, 1.54) is 5.57 Å². The van der Waals surface area contributed by atoms with Gasteiger partial charge in [-0.05, 0) is 111 Å². The minimum Gasteiger partial charge on any atom is -0.481 e. The molecule has 196 valence electrons. The summed E-state index contributed by atoms with van der Waals surface area (Å²) in [6.07, 6.45) is 9.08. The van der Waals surface area contributed by atoms with Gasteiger partial charge >= 0.3 is 11.9 Å². The van der Waals surface area contributed by atoms with E-state index in [9.17, 15) is 24.9 Å². The number of carbonyl (C=O) groups is 2. The van der Waals surface area contributed by atoms with Crippen LogP contribution in [-0.2, 0) is 9.59 Å². The lowest BCUT2D eigenvalue weighted by Crippen LogP contribution is -2.66. The summed E-state index contributed by atoms with van der Waals surface area (Å²) in [5.41, 5.74) is -0.584. The average Bonchev–Trinajstić information content (AvgIpc) is 2.79. The van der Waals surface area contributed by atoms with Crippen LogP contribution in [0, 0.1) is 56.7 Å². The summed E-state index contributed by atoms with van der Waals surface area (Å²) < 4.78 is 0. The van der Waals surface area contributed by atoms with Gasteiger partial charge in [0, 0.05) is 0 Å². The Morgan fingerprint density at radius 2 is 1.54 bits per heavy atom. The third-order valence-corrected chi connectivity index (χ3v) is 13.5. The molecule has 0 aromatic heterocycles. The highest BCUT2D eigenvalue weighted by Crippen LogP contribution is 2.75. The zero-order valence-corrected chi connectivity index (χ0v) is 22.6. The van der Waals surface area contributed by atoms with E-state index in [4.69, 9.17) is 0 Å². The molecule has 5 aliphatic rings. The fourth-order valence-corrected chi connectivity index (χ4v) is 10.8. The van der Waals surface area contributed by atoms with Crippen LogP contribution in [0.15, 0.2) is 11.6 Å². The molecule has 5 rings (SSSR count). The quantitative estimate of drug-likeness (QED) is 0.407. The van der Waals surface area contributed by atoms with Gasteiger partial charge in [0.2, 0.25) is 0 Å². The molecule has 3 N–H and O–H groups in total. The zero-order valence-electron chi connectivity index (χ0n) is 22.6. The highest BCUT2D eigenvalue weighted by Gasteiger charge is 2.70. The number of rotatable bonds is 2. The molecule has 0 saturated heterocycles. The van der Waals surface area contributed by atoms with Crippen molar-refractivity contribution in [1.82, 2.24) is 0 Å². The maximum atomic E-state index is 12.8. The van der Waals surface area contributed by atoms with Crippen molar-refractivity contribution < 1.29 is 24.9 Å². The lowest BCUT2D eigenvalue weighted by atomic mass is 9.33. The van der Waals surface area contributed by atoms with Crippen LogP contribution in [0.25, 0.3) is 0 Å². The average molecular weight is 487 g/mol. The van der Waals surface area contributed by atoms with Gasteiger partial charge in [0.05, 0.1) is 16.9 Å². The Morgan fingerprint density at radius 1 is 0.857 bits per heavy atom. The van der Waals surface area contributed by atoms with Gasteiger partial charge in [-0.3, -0.25) is 9.59 Å². The van der Waals surface area contributed by atoms with Crippen molar-refractivity contribution >= 4 is 11.9 Å². The summed E-state index contributed by atoms with van der Waals surface area (Å²) in [4.78, 5) is 25.3. The smallest absolute Gasteiger partial charge is 0.312 e. The van der Waals surface area contributed by atoms with Gasteiger partial charge in [-0.1, -0.05) is 46.3 Å². The van der Waals surface area contributed by atoms with Crippen LogP contribution in [0.1, 0.15) is 99.3 Å². The Hall–Kier alpha value is -1.36. The van der Waals surface area contributed by atoms with E-state index in [-0.39, 0.29) is 28.1 Å². The molecule has 0 radical (unpaired) electrons. The van der Waals surface area contributed by atoms with Crippen LogP contribution in [0.3, 0.4) is 0 Å². The number of carboxylic acids is 2. The van der Waals surface area contributed by atoms with Gasteiger partial charge in [0.25, 0.3) is 0 Å². The van der Waals surface area contributed by atoms with Crippen molar-refractivity contribution in [1.29, 1.82) is 0 Å². The molecule has 4 fully saturated rings. The first-order valence-corrected chi connectivity index (χ1v) is 14.1. The molecule has 0 aromatic rings. The molecule has 5 aliphatic carbocycles. The van der Waals surface area contributed by atoms with Gasteiger partial charge < -0.3 is 15.3 Å². The summed E-state index contributed by atoms with van der Waals surface area (Å²) in [6, 6.07) is 0. The third kappa shape index (κ3) is 2.85. The molecule has 0 heterocycles. The first-order chi connectivity index (χ1) is 16.2. The van der Waals surface area contributed by atoms with E-state index in [0.717, 1.165) is 51.4 Å². The second kappa shape index (κ2) is 7.58. The van der Waals surface area contributed by atoms with Crippen LogP contribution in [0.5, 0.6) is 0 Å². The van der Waals surface area contributed by atoms with Gasteiger partial charge in [-0.25, -0.2) is 0 Å². The molecule has 5 nitrogen and oxygen atoms in total. The highest BCUT2D eigenvalue weighted by molar-refractivity contribution is 5.77. The standard InChI is InChI=1S/C30H46O5/c1-17-9-14-30(25(34)35)16-15-27(4)19(23(30)18(17)2)7-8-20-26(3)12-11-22(31)29(6,24(32)33)21(26)10-13-28(20,27)5/h7,17-18,20-23,31H,8-16H2,1-6H3,(H,32,33)(H,34,35)/t17-,18+,20-,21+,22-,23+,26-,27-,28-,29+,30+/m1/s1. The lowest BCUT2D eigenvalue weighted by molar-refractivity contribution is -0.218. The molecule has 0 spiro atoms. The zero-order chi connectivity index (χ0) is 25.8. The van der Waals surface area contributed by atoms with E-state index in [0.29, 0.717) is 24.2 Å². The minimum atomic E-state index is -1.11. The largest absolute Gasteiger partial charge is 0.481 e. The van der Waals surface area contributed by atoms with Crippen molar-refractivity contribution in [2.24, 2.45) is 56.7 Å². The maximum Gasteiger partial charge on any atom is 0.312 e.